The van der Waals surface area contributed by atoms with Crippen molar-refractivity contribution in [2.75, 3.05) is 0 Å². The van der Waals surface area contributed by atoms with Crippen LogP contribution in [0.5, 0.6) is 0 Å². The summed E-state index contributed by atoms with van der Waals surface area (Å²) in [6, 6.07) is 0. The predicted octanol–water partition coefficient (Wildman–Crippen LogP) is 0.821. The molecular formula is C5H10Po. The molecule has 0 aliphatic rings. The zero-order chi connectivity index (χ0) is 4.12. The monoisotopic (exact) mass is 279 g/mol. The third-order valence-electron chi connectivity index (χ3n) is 0.348. The van der Waals surface area contributed by atoms with Crippen LogP contribution in [0.4, 0.5) is 0 Å². The van der Waals surface area contributed by atoms with E-state index < -0.39 is 0 Å². The number of rotatable bonds is 1. The fourth-order valence-corrected chi connectivity index (χ4v) is 0.144. The van der Waals surface area contributed by atoms with Crippen molar-refractivity contribution in [3.63, 3.8) is 0 Å². The molecule has 0 atom stereocenters. The summed E-state index contributed by atoms with van der Waals surface area (Å²) in [5.41, 5.74) is 2.64. The van der Waals surface area contributed by atoms with Crippen molar-refractivity contribution in [3.8, 4) is 0 Å². The molecule has 6 heavy (non-hydrogen) atoms. The number of allylic oxidation sites excluding steroid dienone is 1. The normalized spacial score (nSPS) is 4.83. The van der Waals surface area contributed by atoms with E-state index in [9.17, 15) is 0 Å². The summed E-state index contributed by atoms with van der Waals surface area (Å²) in [5, 5.41) is 0. The predicted molar refractivity (Wildman–Crippen MR) is 32.5 cm³/mol. The maximum absolute atomic E-state index is 3.37. The van der Waals surface area contributed by atoms with Crippen LogP contribution in [-0.4, -0.2) is 26.6 Å². The van der Waals surface area contributed by atoms with Gasteiger partial charge >= 0.3 is 26.6 Å². The Morgan fingerprint density at radius 1 is 1.83 bits per heavy atom. The van der Waals surface area contributed by atoms with Gasteiger partial charge < -0.3 is 0 Å². The van der Waals surface area contributed by atoms with Gasteiger partial charge in [0, 0.05) is 0 Å². The summed E-state index contributed by atoms with van der Waals surface area (Å²) in [7, 11) is 0. The van der Waals surface area contributed by atoms with E-state index in [4.69, 9.17) is 0 Å². The van der Waals surface area contributed by atoms with Crippen molar-refractivity contribution in [1.29, 1.82) is 0 Å². The Morgan fingerprint density at radius 2 is 2.33 bits per heavy atom. The molecule has 0 aliphatic carbocycles. The van der Waals surface area contributed by atoms with E-state index >= 15 is 0 Å². The van der Waals surface area contributed by atoms with E-state index in [-0.39, 0.29) is 26.6 Å². The molecule has 0 aromatic rings. The number of hydrogen-bond donors (Lipinski definition) is 0. The van der Waals surface area contributed by atoms with Crippen molar-refractivity contribution in [3.05, 3.63) is 18.4 Å². The molecule has 1 heteroatoms. The van der Waals surface area contributed by atoms with Crippen LogP contribution in [-0.2, 0) is 0 Å². The first-order valence-corrected chi connectivity index (χ1v) is 1.76. The molecule has 0 spiro atoms. The SMILES string of the molecule is C=C=CCC.[PoH2]. The molecule has 0 aliphatic heterocycles. The van der Waals surface area contributed by atoms with Crippen molar-refractivity contribution in [2.45, 2.75) is 13.3 Å². The molecule has 0 unspecified atom stereocenters. The van der Waals surface area contributed by atoms with Gasteiger partial charge in [-0.3, -0.25) is 0 Å². The van der Waals surface area contributed by atoms with Gasteiger partial charge in [-0.2, -0.15) is 0 Å². The van der Waals surface area contributed by atoms with Gasteiger partial charge in [0.25, 0.3) is 0 Å². The van der Waals surface area contributed by atoms with Crippen molar-refractivity contribution in [1.82, 2.24) is 0 Å². The Morgan fingerprint density at radius 3 is 2.33 bits per heavy atom. The van der Waals surface area contributed by atoms with E-state index in [0.29, 0.717) is 0 Å². The van der Waals surface area contributed by atoms with Crippen LogP contribution in [0.15, 0.2) is 18.4 Å². The van der Waals surface area contributed by atoms with Crippen LogP contribution in [0.3, 0.4) is 0 Å². The first kappa shape index (κ1) is 9.65. The quantitative estimate of drug-likeness (QED) is 0.623. The van der Waals surface area contributed by atoms with Gasteiger partial charge in [-0.05, 0) is 12.5 Å². The van der Waals surface area contributed by atoms with Crippen molar-refractivity contribution < 1.29 is 0 Å². The van der Waals surface area contributed by atoms with E-state index in [1.165, 1.54) is 0 Å². The molecule has 0 heterocycles. The van der Waals surface area contributed by atoms with Gasteiger partial charge in [-0.25, -0.2) is 0 Å². The maximum atomic E-state index is 3.37. The summed E-state index contributed by atoms with van der Waals surface area (Å²) < 4.78 is 0. The molecule has 0 saturated heterocycles. The fourth-order valence-electron chi connectivity index (χ4n) is 0.144. The van der Waals surface area contributed by atoms with Crippen molar-refractivity contribution >= 4 is 26.6 Å². The van der Waals surface area contributed by atoms with Gasteiger partial charge in [-0.15, -0.1) is 5.73 Å². The standard InChI is InChI=1S/C5H8.Po.2H/c1-3-5-4-2;;;/h5H,1,4H2,2H3;;;. The summed E-state index contributed by atoms with van der Waals surface area (Å²) in [5.74, 6) is 0. The summed E-state index contributed by atoms with van der Waals surface area (Å²) in [6.07, 6.45) is 2.93. The third-order valence-corrected chi connectivity index (χ3v) is 0.348. The molecule has 0 amide bonds. The topological polar surface area (TPSA) is 0 Å². The van der Waals surface area contributed by atoms with Crippen LogP contribution in [0.1, 0.15) is 13.3 Å². The van der Waals surface area contributed by atoms with Crippen LogP contribution in [0, 0.1) is 0 Å². The van der Waals surface area contributed by atoms with Gasteiger partial charge in [0.05, 0.1) is 0 Å². The number of hydrogen-bond acceptors (Lipinski definition) is 0. The van der Waals surface area contributed by atoms with Gasteiger partial charge in [0.15, 0.2) is 0 Å². The Kier molecular flexibility index (Phi) is 14.6. The van der Waals surface area contributed by atoms with Gasteiger partial charge in [0.2, 0.25) is 0 Å². The molecular weight excluding hydrogens is 269 g/mol. The summed E-state index contributed by atoms with van der Waals surface area (Å²) >= 11 is 0. The Hall–Kier alpha value is 0.416. The second-order valence-corrected chi connectivity index (χ2v) is 0.816. The van der Waals surface area contributed by atoms with Crippen LogP contribution in [0.25, 0.3) is 0 Å². The molecule has 0 aromatic heterocycles. The van der Waals surface area contributed by atoms with Crippen LogP contribution in [0.2, 0.25) is 0 Å². The first-order chi connectivity index (χ1) is 2.41. The van der Waals surface area contributed by atoms with E-state index in [1.54, 1.807) is 0 Å². The Labute approximate surface area is 58.4 Å². The Bertz CT molecular complexity index is 51.0. The van der Waals surface area contributed by atoms with Gasteiger partial charge in [0.1, 0.15) is 0 Å². The molecule has 0 saturated carbocycles. The average Bonchev–Trinajstić information content (AvgIpc) is 1.41. The minimum atomic E-state index is 0. The second-order valence-electron chi connectivity index (χ2n) is 0.816. The third kappa shape index (κ3) is 8.83. The minimum absolute atomic E-state index is 0. The van der Waals surface area contributed by atoms with Gasteiger partial charge in [-0.1, -0.05) is 13.5 Å². The molecule has 0 nitrogen and oxygen atoms in total. The van der Waals surface area contributed by atoms with Crippen LogP contribution < -0.4 is 0 Å². The summed E-state index contributed by atoms with van der Waals surface area (Å²) in [4.78, 5) is 0. The van der Waals surface area contributed by atoms with Crippen molar-refractivity contribution in [2.24, 2.45) is 0 Å². The zero-order valence-electron chi connectivity index (χ0n) is 3.99. The van der Waals surface area contributed by atoms with Crippen LogP contribution >= 0.6 is 0 Å². The second kappa shape index (κ2) is 9.05. The fraction of sp³-hybridized carbons (Fsp3) is 0.400. The molecule has 0 aromatic carbocycles. The molecule has 0 N–H and O–H groups in total. The van der Waals surface area contributed by atoms with E-state index in [2.05, 4.69) is 19.2 Å². The molecule has 0 bridgehead atoms. The molecule has 0 rings (SSSR count). The summed E-state index contributed by atoms with van der Waals surface area (Å²) in [6.45, 7) is 5.42. The zero-order valence-corrected chi connectivity index (χ0v) is 7.88. The molecule has 36 valence electrons. The van der Waals surface area contributed by atoms with E-state index in [1.807, 2.05) is 6.08 Å². The average molecular weight is 279 g/mol. The molecule has 0 fully saturated rings. The Balaban J connectivity index is 0. The van der Waals surface area contributed by atoms with E-state index in [0.717, 1.165) is 6.42 Å². The molecule has 0 radical (unpaired) electrons. The first-order valence-electron chi connectivity index (χ1n) is 1.76.